The summed E-state index contributed by atoms with van der Waals surface area (Å²) < 4.78 is 13.8. The maximum atomic E-state index is 13.8. The predicted molar refractivity (Wildman–Crippen MR) is 88.3 cm³/mol. The number of aliphatic hydroxyl groups is 1. The molecule has 2 N–H and O–H groups in total. The Kier molecular flexibility index (Phi) is 6.10. The Bertz CT molecular complexity index is 571. The molecule has 0 aliphatic carbocycles. The van der Waals surface area contributed by atoms with Crippen molar-refractivity contribution in [1.29, 1.82) is 0 Å². The zero-order chi connectivity index (χ0) is 15.9. The molecule has 3 heteroatoms. The minimum atomic E-state index is -0.365. The summed E-state index contributed by atoms with van der Waals surface area (Å²) in [6, 6.07) is 16.9. The largest absolute Gasteiger partial charge is 0.393 e. The molecule has 2 aromatic rings. The monoisotopic (exact) mass is 301 g/mol. The first-order valence-electron chi connectivity index (χ1n) is 7.78. The molecular weight excluding hydrogens is 277 g/mol. The van der Waals surface area contributed by atoms with Crippen LogP contribution >= 0.6 is 0 Å². The van der Waals surface area contributed by atoms with Gasteiger partial charge in [0, 0.05) is 18.2 Å². The van der Waals surface area contributed by atoms with Crippen LogP contribution in [0.15, 0.2) is 54.6 Å². The highest BCUT2D eigenvalue weighted by atomic mass is 19.1. The smallest absolute Gasteiger partial charge is 0.127 e. The molecule has 22 heavy (non-hydrogen) atoms. The molecule has 0 saturated heterocycles. The van der Waals surface area contributed by atoms with E-state index in [4.69, 9.17) is 0 Å². The summed E-state index contributed by atoms with van der Waals surface area (Å²) in [5.74, 6) is 0.0183. The normalized spacial score (nSPS) is 15.3. The van der Waals surface area contributed by atoms with E-state index in [1.165, 1.54) is 11.6 Å². The van der Waals surface area contributed by atoms with Crippen LogP contribution in [0.1, 0.15) is 43.4 Å². The van der Waals surface area contributed by atoms with Gasteiger partial charge in [-0.1, -0.05) is 48.5 Å². The maximum Gasteiger partial charge on any atom is 0.127 e. The van der Waals surface area contributed by atoms with Crippen molar-refractivity contribution < 1.29 is 9.50 Å². The van der Waals surface area contributed by atoms with Crippen molar-refractivity contribution in [3.63, 3.8) is 0 Å². The second-order valence-corrected chi connectivity index (χ2v) is 5.84. The standard InChI is InChI=1S/C19H24FNO/c1-14(22)12-17(16-8-4-3-5-9-16)13-21-15(2)18-10-6-7-11-19(18)20/h3-11,14-15,17,21-22H,12-13H2,1-2H3. The molecule has 118 valence electrons. The molecule has 3 unspecified atom stereocenters. The maximum absolute atomic E-state index is 13.8. The first kappa shape index (κ1) is 16.7. The molecule has 0 aromatic heterocycles. The van der Waals surface area contributed by atoms with E-state index < -0.39 is 0 Å². The second-order valence-electron chi connectivity index (χ2n) is 5.84. The summed E-state index contributed by atoms with van der Waals surface area (Å²) in [7, 11) is 0. The van der Waals surface area contributed by atoms with Crippen LogP contribution in [-0.2, 0) is 0 Å². The average Bonchev–Trinajstić information content (AvgIpc) is 2.52. The highest BCUT2D eigenvalue weighted by Gasteiger charge is 2.16. The summed E-state index contributed by atoms with van der Waals surface area (Å²) in [4.78, 5) is 0. The van der Waals surface area contributed by atoms with Crippen molar-refractivity contribution in [2.45, 2.75) is 38.3 Å². The molecular formula is C19H24FNO. The fraction of sp³-hybridized carbons (Fsp3) is 0.368. The molecule has 0 radical (unpaired) electrons. The fourth-order valence-electron chi connectivity index (χ4n) is 2.73. The fourth-order valence-corrected chi connectivity index (χ4v) is 2.73. The number of nitrogens with one attached hydrogen (secondary N) is 1. The molecule has 0 amide bonds. The highest BCUT2D eigenvalue weighted by molar-refractivity contribution is 5.22. The number of hydrogen-bond acceptors (Lipinski definition) is 2. The van der Waals surface area contributed by atoms with Crippen LogP contribution in [0.4, 0.5) is 4.39 Å². The summed E-state index contributed by atoms with van der Waals surface area (Å²) >= 11 is 0. The third kappa shape index (κ3) is 4.65. The zero-order valence-electron chi connectivity index (χ0n) is 13.2. The van der Waals surface area contributed by atoms with Crippen LogP contribution < -0.4 is 5.32 Å². The van der Waals surface area contributed by atoms with E-state index in [1.807, 2.05) is 31.2 Å². The third-order valence-electron chi connectivity index (χ3n) is 3.94. The van der Waals surface area contributed by atoms with E-state index in [-0.39, 0.29) is 23.9 Å². The van der Waals surface area contributed by atoms with Crippen molar-refractivity contribution >= 4 is 0 Å². The summed E-state index contributed by atoms with van der Waals surface area (Å²) in [6.07, 6.45) is 0.317. The zero-order valence-corrected chi connectivity index (χ0v) is 13.2. The van der Waals surface area contributed by atoms with Crippen molar-refractivity contribution in [2.75, 3.05) is 6.54 Å². The minimum Gasteiger partial charge on any atom is -0.393 e. The SMILES string of the molecule is CC(O)CC(CNC(C)c1ccccc1F)c1ccccc1. The number of rotatable bonds is 7. The van der Waals surface area contributed by atoms with E-state index in [1.54, 1.807) is 19.1 Å². The van der Waals surface area contributed by atoms with Crippen LogP contribution in [0.2, 0.25) is 0 Å². The molecule has 0 aliphatic rings. The Morgan fingerprint density at radius 1 is 1.00 bits per heavy atom. The van der Waals surface area contributed by atoms with E-state index in [2.05, 4.69) is 17.4 Å². The number of halogens is 1. The Hall–Kier alpha value is -1.71. The van der Waals surface area contributed by atoms with Gasteiger partial charge in [0.15, 0.2) is 0 Å². The second kappa shape index (κ2) is 8.06. The van der Waals surface area contributed by atoms with Gasteiger partial charge in [0.1, 0.15) is 5.82 Å². The molecule has 2 nitrogen and oxygen atoms in total. The first-order chi connectivity index (χ1) is 10.6. The lowest BCUT2D eigenvalue weighted by Crippen LogP contribution is -2.27. The van der Waals surface area contributed by atoms with Crippen molar-refractivity contribution in [3.05, 3.63) is 71.5 Å². The van der Waals surface area contributed by atoms with Gasteiger partial charge in [-0.2, -0.15) is 0 Å². The van der Waals surface area contributed by atoms with Gasteiger partial charge in [0.25, 0.3) is 0 Å². The molecule has 0 aliphatic heterocycles. The minimum absolute atomic E-state index is 0.0681. The van der Waals surface area contributed by atoms with Crippen molar-refractivity contribution in [2.24, 2.45) is 0 Å². The Labute approximate surface area is 132 Å². The predicted octanol–water partition coefficient (Wildman–Crippen LogP) is 4.03. The van der Waals surface area contributed by atoms with Crippen LogP contribution in [0.3, 0.4) is 0 Å². The van der Waals surface area contributed by atoms with Gasteiger partial charge in [-0.05, 0) is 37.8 Å². The number of aliphatic hydroxyl groups excluding tert-OH is 1. The van der Waals surface area contributed by atoms with Gasteiger partial charge in [-0.25, -0.2) is 4.39 Å². The molecule has 0 heterocycles. The van der Waals surface area contributed by atoms with Crippen LogP contribution in [0.25, 0.3) is 0 Å². The summed E-state index contributed by atoms with van der Waals surface area (Å²) in [5.41, 5.74) is 1.86. The van der Waals surface area contributed by atoms with Crippen LogP contribution in [-0.4, -0.2) is 17.8 Å². The van der Waals surface area contributed by atoms with Gasteiger partial charge < -0.3 is 10.4 Å². The Morgan fingerprint density at radius 2 is 1.64 bits per heavy atom. The molecule has 0 bridgehead atoms. The summed E-state index contributed by atoms with van der Waals surface area (Å²) in [5, 5.41) is 13.1. The van der Waals surface area contributed by atoms with Crippen molar-refractivity contribution in [3.8, 4) is 0 Å². The lowest BCUT2D eigenvalue weighted by molar-refractivity contribution is 0.173. The van der Waals surface area contributed by atoms with E-state index in [0.29, 0.717) is 18.5 Å². The van der Waals surface area contributed by atoms with Gasteiger partial charge >= 0.3 is 0 Å². The Balaban J connectivity index is 2.04. The third-order valence-corrected chi connectivity index (χ3v) is 3.94. The van der Waals surface area contributed by atoms with E-state index in [0.717, 1.165) is 0 Å². The highest BCUT2D eigenvalue weighted by Crippen LogP contribution is 2.23. The quantitative estimate of drug-likeness (QED) is 0.809. The number of hydrogen-bond donors (Lipinski definition) is 2. The number of benzene rings is 2. The molecule has 2 rings (SSSR count). The molecule has 0 spiro atoms. The van der Waals surface area contributed by atoms with Gasteiger partial charge in [-0.15, -0.1) is 0 Å². The molecule has 0 saturated carbocycles. The molecule has 3 atom stereocenters. The summed E-state index contributed by atoms with van der Waals surface area (Å²) in [6.45, 7) is 4.46. The van der Waals surface area contributed by atoms with Crippen molar-refractivity contribution in [1.82, 2.24) is 5.32 Å². The lowest BCUT2D eigenvalue weighted by Gasteiger charge is -2.23. The van der Waals surface area contributed by atoms with Gasteiger partial charge in [0.05, 0.1) is 6.10 Å². The average molecular weight is 301 g/mol. The van der Waals surface area contributed by atoms with E-state index in [9.17, 15) is 9.50 Å². The van der Waals surface area contributed by atoms with Gasteiger partial charge in [0.2, 0.25) is 0 Å². The lowest BCUT2D eigenvalue weighted by atomic mass is 9.93. The van der Waals surface area contributed by atoms with Crippen LogP contribution in [0.5, 0.6) is 0 Å². The first-order valence-corrected chi connectivity index (χ1v) is 7.78. The Morgan fingerprint density at radius 3 is 2.27 bits per heavy atom. The van der Waals surface area contributed by atoms with Crippen LogP contribution in [0, 0.1) is 5.82 Å². The van der Waals surface area contributed by atoms with Gasteiger partial charge in [-0.3, -0.25) is 0 Å². The molecule has 0 fully saturated rings. The topological polar surface area (TPSA) is 32.3 Å². The van der Waals surface area contributed by atoms with E-state index >= 15 is 0 Å². The molecule has 2 aromatic carbocycles.